The number of likely N-dealkylation sites (tertiary alicyclic amines) is 2. The first kappa shape index (κ1) is 25.0. The topological polar surface area (TPSA) is 65.6 Å². The highest BCUT2D eigenvalue weighted by Crippen LogP contribution is 2.48. The predicted molar refractivity (Wildman–Crippen MR) is 141 cm³/mol. The van der Waals surface area contributed by atoms with Gasteiger partial charge in [-0.2, -0.15) is 0 Å². The summed E-state index contributed by atoms with van der Waals surface area (Å²) in [5, 5.41) is 0. The molecule has 2 aromatic carbocycles. The number of benzene rings is 2. The third kappa shape index (κ3) is 4.36. The number of amides is 3. The fourth-order valence-corrected chi connectivity index (χ4v) is 6.59. The van der Waals surface area contributed by atoms with Gasteiger partial charge in [-0.1, -0.05) is 12.1 Å². The lowest BCUT2D eigenvalue weighted by Gasteiger charge is -2.45. The lowest BCUT2D eigenvalue weighted by atomic mass is 9.74. The molecule has 0 N–H and O–H groups in total. The second-order valence-corrected chi connectivity index (χ2v) is 11.2. The van der Waals surface area contributed by atoms with Crippen molar-refractivity contribution in [2.24, 2.45) is 0 Å². The zero-order valence-corrected chi connectivity index (χ0v) is 22.1. The van der Waals surface area contributed by atoms with Crippen LogP contribution < -0.4 is 14.4 Å². The minimum absolute atomic E-state index is 0.00853. The summed E-state index contributed by atoms with van der Waals surface area (Å²) in [6, 6.07) is 12.6. The Balaban J connectivity index is 1.06. The van der Waals surface area contributed by atoms with Gasteiger partial charge in [-0.15, -0.1) is 0 Å². The maximum absolute atomic E-state index is 14.3. The van der Waals surface area contributed by atoms with Crippen LogP contribution in [0.15, 0.2) is 42.5 Å². The number of nitrogens with zero attached hydrogens (tertiary/aromatic N) is 4. The van der Waals surface area contributed by atoms with Gasteiger partial charge >= 0.3 is 6.03 Å². The zero-order chi connectivity index (χ0) is 26.4. The number of carbonyl (C=O) groups excluding carboxylic acids is 2. The summed E-state index contributed by atoms with van der Waals surface area (Å²) in [5.41, 5.74) is 1.58. The van der Waals surface area contributed by atoms with Gasteiger partial charge in [-0.05, 0) is 74.7 Å². The summed E-state index contributed by atoms with van der Waals surface area (Å²) >= 11 is 0. The summed E-state index contributed by atoms with van der Waals surface area (Å²) in [4.78, 5) is 33.9. The molecular formula is C29H35FN4O4. The van der Waals surface area contributed by atoms with Crippen LogP contribution in [-0.4, -0.2) is 92.2 Å². The molecule has 202 valence electrons. The van der Waals surface area contributed by atoms with Gasteiger partial charge in [-0.3, -0.25) is 9.69 Å². The second kappa shape index (κ2) is 9.76. The van der Waals surface area contributed by atoms with E-state index in [1.54, 1.807) is 31.1 Å². The third-order valence-electron chi connectivity index (χ3n) is 8.73. The van der Waals surface area contributed by atoms with E-state index in [0.29, 0.717) is 37.2 Å². The molecule has 2 aromatic rings. The van der Waals surface area contributed by atoms with E-state index in [9.17, 15) is 14.0 Å². The number of ether oxygens (including phenoxy) is 2. The molecule has 3 amide bonds. The summed E-state index contributed by atoms with van der Waals surface area (Å²) in [7, 11) is 3.51. The molecule has 0 aromatic heterocycles. The first-order chi connectivity index (χ1) is 18.3. The van der Waals surface area contributed by atoms with Crippen molar-refractivity contribution in [3.8, 4) is 11.5 Å². The van der Waals surface area contributed by atoms with E-state index in [2.05, 4.69) is 4.90 Å². The summed E-state index contributed by atoms with van der Waals surface area (Å²) in [6.07, 6.45) is 2.99. The summed E-state index contributed by atoms with van der Waals surface area (Å²) in [5.74, 6) is 1.04. The molecule has 38 heavy (non-hydrogen) atoms. The minimum atomic E-state index is -0.605. The van der Waals surface area contributed by atoms with Crippen LogP contribution >= 0.6 is 0 Å². The number of rotatable bonds is 2. The largest absolute Gasteiger partial charge is 0.485 e. The maximum atomic E-state index is 14.3. The van der Waals surface area contributed by atoms with Gasteiger partial charge < -0.3 is 24.2 Å². The SMILES string of the molecule is CN(C)C(=O)N1CC2(CCN(C3CCN(C(=O)C4COc5ccccc5O4)CC3)CC2)c2cc(F)ccc21. The minimum Gasteiger partial charge on any atom is -0.485 e. The molecule has 1 unspecified atom stereocenters. The molecule has 0 saturated carbocycles. The number of halogens is 1. The van der Waals surface area contributed by atoms with Crippen molar-refractivity contribution in [3.63, 3.8) is 0 Å². The number of hydrogen-bond acceptors (Lipinski definition) is 5. The van der Waals surface area contributed by atoms with Gasteiger partial charge in [0, 0.05) is 50.9 Å². The Labute approximate surface area is 222 Å². The van der Waals surface area contributed by atoms with Gasteiger partial charge in [0.25, 0.3) is 5.91 Å². The Morgan fingerprint density at radius 3 is 2.42 bits per heavy atom. The molecule has 8 nitrogen and oxygen atoms in total. The number of piperidine rings is 2. The van der Waals surface area contributed by atoms with Crippen LogP contribution in [0, 0.1) is 5.82 Å². The fraction of sp³-hybridized carbons (Fsp3) is 0.517. The van der Waals surface area contributed by atoms with Crippen molar-refractivity contribution < 1.29 is 23.5 Å². The molecular weight excluding hydrogens is 487 g/mol. The van der Waals surface area contributed by atoms with Gasteiger partial charge in [0.15, 0.2) is 11.5 Å². The molecule has 6 rings (SSSR count). The van der Waals surface area contributed by atoms with E-state index in [0.717, 1.165) is 50.0 Å². The van der Waals surface area contributed by atoms with E-state index < -0.39 is 6.10 Å². The Hall–Kier alpha value is -3.33. The van der Waals surface area contributed by atoms with Crippen LogP contribution in [0.25, 0.3) is 0 Å². The number of hydrogen-bond donors (Lipinski definition) is 0. The van der Waals surface area contributed by atoms with Crippen LogP contribution in [-0.2, 0) is 10.2 Å². The van der Waals surface area contributed by atoms with Gasteiger partial charge in [0.05, 0.1) is 0 Å². The van der Waals surface area contributed by atoms with Crippen LogP contribution in [0.4, 0.5) is 14.9 Å². The number of para-hydroxylation sites is 2. The van der Waals surface area contributed by atoms with Crippen LogP contribution in [0.3, 0.4) is 0 Å². The number of anilines is 1. The number of carbonyl (C=O) groups is 2. The molecule has 1 spiro atoms. The second-order valence-electron chi connectivity index (χ2n) is 11.2. The Kier molecular flexibility index (Phi) is 6.42. The summed E-state index contributed by atoms with van der Waals surface area (Å²) in [6.45, 7) is 4.02. The Morgan fingerprint density at radius 2 is 1.71 bits per heavy atom. The van der Waals surface area contributed by atoms with Gasteiger partial charge in [0.1, 0.15) is 12.4 Å². The van der Waals surface area contributed by atoms with Crippen molar-refractivity contribution in [2.75, 3.05) is 58.3 Å². The standard InChI is InChI=1S/C29H35FN4O4/c1-31(2)28(36)34-19-29(22-17-20(30)7-8-23(22)34)11-15-32(16-12-29)21-9-13-33(14-10-21)27(35)26-18-37-24-5-3-4-6-25(24)38-26/h3-8,17,21,26H,9-16,18-19H2,1-2H3. The van der Waals surface area contributed by atoms with Crippen LogP contribution in [0.2, 0.25) is 0 Å². The quantitative estimate of drug-likeness (QED) is 0.604. The predicted octanol–water partition coefficient (Wildman–Crippen LogP) is 3.49. The highest BCUT2D eigenvalue weighted by Gasteiger charge is 2.47. The smallest absolute Gasteiger partial charge is 0.323 e. The van der Waals surface area contributed by atoms with Crippen molar-refractivity contribution in [2.45, 2.75) is 43.2 Å². The first-order valence-electron chi connectivity index (χ1n) is 13.5. The van der Waals surface area contributed by atoms with E-state index in [-0.39, 0.29) is 29.8 Å². The lowest BCUT2D eigenvalue weighted by Crippen LogP contribution is -2.54. The fourth-order valence-electron chi connectivity index (χ4n) is 6.59. The monoisotopic (exact) mass is 522 g/mol. The van der Waals surface area contributed by atoms with Crippen molar-refractivity contribution in [1.82, 2.24) is 14.7 Å². The number of urea groups is 1. The van der Waals surface area contributed by atoms with E-state index in [4.69, 9.17) is 9.47 Å². The molecule has 0 radical (unpaired) electrons. The van der Waals surface area contributed by atoms with E-state index >= 15 is 0 Å². The maximum Gasteiger partial charge on any atom is 0.323 e. The first-order valence-corrected chi connectivity index (χ1v) is 13.5. The molecule has 2 saturated heterocycles. The molecule has 4 heterocycles. The summed E-state index contributed by atoms with van der Waals surface area (Å²) < 4.78 is 26.0. The Morgan fingerprint density at radius 1 is 1.00 bits per heavy atom. The van der Waals surface area contributed by atoms with Crippen molar-refractivity contribution >= 4 is 17.6 Å². The number of fused-ring (bicyclic) bond motifs is 3. The molecule has 9 heteroatoms. The molecule has 4 aliphatic heterocycles. The zero-order valence-electron chi connectivity index (χ0n) is 22.1. The normalized spacial score (nSPS) is 22.9. The van der Waals surface area contributed by atoms with Gasteiger partial charge in [0.2, 0.25) is 6.10 Å². The molecule has 0 bridgehead atoms. The average molecular weight is 523 g/mol. The molecule has 0 aliphatic carbocycles. The third-order valence-corrected chi connectivity index (χ3v) is 8.73. The van der Waals surface area contributed by atoms with Crippen LogP contribution in [0.5, 0.6) is 11.5 Å². The highest BCUT2D eigenvalue weighted by molar-refractivity contribution is 5.95. The molecule has 2 fully saturated rings. The van der Waals surface area contributed by atoms with E-state index in [1.807, 2.05) is 34.1 Å². The molecule has 4 aliphatic rings. The average Bonchev–Trinajstić information content (AvgIpc) is 3.25. The van der Waals surface area contributed by atoms with Gasteiger partial charge in [-0.25, -0.2) is 9.18 Å². The van der Waals surface area contributed by atoms with Crippen molar-refractivity contribution in [1.29, 1.82) is 0 Å². The lowest BCUT2D eigenvalue weighted by molar-refractivity contribution is -0.142. The van der Waals surface area contributed by atoms with Crippen molar-refractivity contribution in [3.05, 3.63) is 53.8 Å². The highest BCUT2D eigenvalue weighted by atomic mass is 19.1. The Bertz CT molecular complexity index is 1220. The van der Waals surface area contributed by atoms with Crippen LogP contribution in [0.1, 0.15) is 31.2 Å². The molecule has 1 atom stereocenters. The van der Waals surface area contributed by atoms with E-state index in [1.165, 1.54) is 6.07 Å².